The van der Waals surface area contributed by atoms with E-state index >= 15 is 0 Å². The zero-order valence-electron chi connectivity index (χ0n) is 13.6. The van der Waals surface area contributed by atoms with Crippen LogP contribution in [-0.4, -0.2) is 53.1 Å². The molecule has 1 spiro atoms. The van der Waals surface area contributed by atoms with Crippen LogP contribution in [0, 0.1) is 0 Å². The summed E-state index contributed by atoms with van der Waals surface area (Å²) in [4.78, 5) is 27.8. The maximum atomic E-state index is 12.1. The normalized spacial score (nSPS) is 22.5. The van der Waals surface area contributed by atoms with Gasteiger partial charge in [0.15, 0.2) is 0 Å². The maximum absolute atomic E-state index is 12.1. The number of carbonyl (C=O) groups excluding carboxylic acids is 2. The Morgan fingerprint density at radius 1 is 1.29 bits per heavy atom. The van der Waals surface area contributed by atoms with Crippen molar-refractivity contribution in [2.24, 2.45) is 0 Å². The third-order valence-corrected chi connectivity index (χ3v) is 4.73. The van der Waals surface area contributed by atoms with Crippen molar-refractivity contribution >= 4 is 12.0 Å². The number of piperidine rings is 1. The second kappa shape index (κ2) is 6.67. The van der Waals surface area contributed by atoms with E-state index in [9.17, 15) is 9.59 Å². The van der Waals surface area contributed by atoms with Gasteiger partial charge < -0.3 is 14.5 Å². The van der Waals surface area contributed by atoms with Gasteiger partial charge >= 0.3 is 6.09 Å². The molecule has 0 aromatic heterocycles. The third kappa shape index (κ3) is 3.50. The van der Waals surface area contributed by atoms with E-state index in [1.807, 2.05) is 16.7 Å². The monoisotopic (exact) mass is 296 g/mol. The van der Waals surface area contributed by atoms with Crippen LogP contribution in [0.2, 0.25) is 0 Å². The van der Waals surface area contributed by atoms with Gasteiger partial charge in [-0.25, -0.2) is 4.79 Å². The lowest BCUT2D eigenvalue weighted by atomic mass is 9.90. The predicted octanol–water partition coefficient (Wildman–Crippen LogP) is 2.79. The molecule has 5 heteroatoms. The van der Waals surface area contributed by atoms with Gasteiger partial charge in [-0.3, -0.25) is 4.79 Å². The largest absolute Gasteiger partial charge is 0.441 e. The van der Waals surface area contributed by atoms with Crippen LogP contribution < -0.4 is 0 Å². The summed E-state index contributed by atoms with van der Waals surface area (Å²) in [5.74, 6) is 0.230. The number of amides is 2. The highest BCUT2D eigenvalue weighted by Gasteiger charge is 2.48. The van der Waals surface area contributed by atoms with Crippen molar-refractivity contribution in [3.05, 3.63) is 0 Å². The molecule has 120 valence electrons. The molecule has 0 radical (unpaired) electrons. The zero-order chi connectivity index (χ0) is 15.5. The summed E-state index contributed by atoms with van der Waals surface area (Å²) in [7, 11) is 0. The van der Waals surface area contributed by atoms with Gasteiger partial charge in [0.1, 0.15) is 5.60 Å². The summed E-state index contributed by atoms with van der Waals surface area (Å²) in [6.07, 6.45) is 4.94. The summed E-state index contributed by atoms with van der Waals surface area (Å²) < 4.78 is 5.71. The molecule has 1 atom stereocenters. The maximum Gasteiger partial charge on any atom is 0.410 e. The Morgan fingerprint density at radius 2 is 1.95 bits per heavy atom. The van der Waals surface area contributed by atoms with Crippen LogP contribution in [0.15, 0.2) is 0 Å². The highest BCUT2D eigenvalue weighted by molar-refractivity contribution is 5.76. The Kier molecular flexibility index (Phi) is 5.12. The Hall–Kier alpha value is -1.26. The Bertz CT molecular complexity index is 389. The topological polar surface area (TPSA) is 49.9 Å². The fourth-order valence-corrected chi connectivity index (χ4v) is 3.36. The van der Waals surface area contributed by atoms with Gasteiger partial charge in [-0.1, -0.05) is 20.3 Å². The molecule has 2 saturated heterocycles. The van der Waals surface area contributed by atoms with E-state index in [0.29, 0.717) is 26.1 Å². The number of hydrogen-bond donors (Lipinski definition) is 0. The number of nitrogens with zero attached hydrogens (tertiary/aromatic N) is 2. The van der Waals surface area contributed by atoms with E-state index in [-0.39, 0.29) is 23.6 Å². The average molecular weight is 296 g/mol. The second-order valence-corrected chi connectivity index (χ2v) is 6.45. The molecule has 0 unspecified atom stereocenters. The molecule has 0 aromatic carbocycles. The molecule has 5 nitrogen and oxygen atoms in total. The van der Waals surface area contributed by atoms with Crippen molar-refractivity contribution < 1.29 is 14.3 Å². The van der Waals surface area contributed by atoms with Gasteiger partial charge in [-0.2, -0.15) is 0 Å². The van der Waals surface area contributed by atoms with Crippen molar-refractivity contribution in [2.45, 2.75) is 70.9 Å². The summed E-state index contributed by atoms with van der Waals surface area (Å²) >= 11 is 0. The highest BCUT2D eigenvalue weighted by atomic mass is 16.6. The van der Waals surface area contributed by atoms with Gasteiger partial charge in [0.25, 0.3) is 0 Å². The predicted molar refractivity (Wildman–Crippen MR) is 81.0 cm³/mol. The Balaban J connectivity index is 1.92. The van der Waals surface area contributed by atoms with E-state index in [1.165, 1.54) is 0 Å². The van der Waals surface area contributed by atoms with Crippen LogP contribution in [0.1, 0.15) is 59.3 Å². The van der Waals surface area contributed by atoms with Crippen molar-refractivity contribution in [3.8, 4) is 0 Å². The van der Waals surface area contributed by atoms with Crippen LogP contribution in [0.25, 0.3) is 0 Å². The molecular formula is C16H28N2O3. The quantitative estimate of drug-likeness (QED) is 0.784. The lowest BCUT2D eigenvalue weighted by Gasteiger charge is -2.37. The highest BCUT2D eigenvalue weighted by Crippen LogP contribution is 2.34. The molecule has 2 aliphatic heterocycles. The van der Waals surface area contributed by atoms with Crippen LogP contribution in [0.5, 0.6) is 0 Å². The van der Waals surface area contributed by atoms with E-state index in [4.69, 9.17) is 4.74 Å². The van der Waals surface area contributed by atoms with Crippen LogP contribution in [0.3, 0.4) is 0 Å². The lowest BCUT2D eigenvalue weighted by Crippen LogP contribution is -2.49. The molecule has 0 N–H and O–H groups in total. The minimum atomic E-state index is -0.359. The Morgan fingerprint density at radius 3 is 2.52 bits per heavy atom. The summed E-state index contributed by atoms with van der Waals surface area (Å²) in [5, 5.41) is 0. The van der Waals surface area contributed by atoms with Crippen molar-refractivity contribution in [1.82, 2.24) is 9.80 Å². The van der Waals surface area contributed by atoms with Crippen molar-refractivity contribution in [1.29, 1.82) is 0 Å². The molecule has 2 rings (SSSR count). The van der Waals surface area contributed by atoms with Gasteiger partial charge in [0, 0.05) is 38.4 Å². The van der Waals surface area contributed by atoms with Crippen LogP contribution >= 0.6 is 0 Å². The molecule has 0 aromatic rings. The molecule has 2 fully saturated rings. The summed E-state index contributed by atoms with van der Waals surface area (Å²) in [6, 6.07) is 0.238. The van der Waals surface area contributed by atoms with Gasteiger partial charge in [-0.15, -0.1) is 0 Å². The average Bonchev–Trinajstić information content (AvgIpc) is 2.77. The van der Waals surface area contributed by atoms with Crippen molar-refractivity contribution in [2.75, 3.05) is 19.6 Å². The van der Waals surface area contributed by atoms with Crippen LogP contribution in [0.4, 0.5) is 4.79 Å². The molecule has 2 heterocycles. The fourth-order valence-electron chi connectivity index (χ4n) is 3.36. The number of hydrogen-bond acceptors (Lipinski definition) is 3. The smallest absolute Gasteiger partial charge is 0.410 e. The zero-order valence-corrected chi connectivity index (χ0v) is 13.6. The second-order valence-electron chi connectivity index (χ2n) is 6.45. The minimum Gasteiger partial charge on any atom is -0.441 e. The van der Waals surface area contributed by atoms with Gasteiger partial charge in [0.2, 0.25) is 5.91 Å². The Labute approximate surface area is 127 Å². The SMILES string of the molecule is CCCC(=O)N1CCC2(CC1)CN([C@H](C)CCC)C(=O)O2. The minimum absolute atomic E-state index is 0.177. The molecule has 2 amide bonds. The first-order valence-electron chi connectivity index (χ1n) is 8.28. The van der Waals surface area contributed by atoms with Gasteiger partial charge in [-0.05, 0) is 19.8 Å². The molecule has 0 aliphatic carbocycles. The molecule has 21 heavy (non-hydrogen) atoms. The fraction of sp³-hybridized carbons (Fsp3) is 0.875. The first-order chi connectivity index (χ1) is 10.0. The molecule has 2 aliphatic rings. The molecule has 0 bridgehead atoms. The summed E-state index contributed by atoms with van der Waals surface area (Å²) in [5.41, 5.74) is -0.359. The van der Waals surface area contributed by atoms with Crippen molar-refractivity contribution in [3.63, 3.8) is 0 Å². The number of carbonyl (C=O) groups is 2. The number of ether oxygens (including phenoxy) is 1. The molecular weight excluding hydrogens is 268 g/mol. The summed E-state index contributed by atoms with van der Waals surface area (Å²) in [6.45, 7) is 8.34. The van der Waals surface area contributed by atoms with E-state index in [2.05, 4.69) is 13.8 Å². The lowest BCUT2D eigenvalue weighted by molar-refractivity contribution is -0.134. The number of likely N-dealkylation sites (tertiary alicyclic amines) is 1. The van der Waals surface area contributed by atoms with Crippen LogP contribution in [-0.2, 0) is 9.53 Å². The van der Waals surface area contributed by atoms with E-state index < -0.39 is 0 Å². The first kappa shape index (κ1) is 16.1. The molecule has 0 saturated carbocycles. The van der Waals surface area contributed by atoms with E-state index in [1.54, 1.807) is 0 Å². The first-order valence-corrected chi connectivity index (χ1v) is 8.28. The van der Waals surface area contributed by atoms with Gasteiger partial charge in [0.05, 0.1) is 6.54 Å². The standard InChI is InChI=1S/C16H28N2O3/c1-4-6-13(3)18-12-16(21-15(18)20)8-10-17(11-9-16)14(19)7-5-2/h13H,4-12H2,1-3H3/t13-/m1/s1. The van der Waals surface area contributed by atoms with E-state index in [0.717, 1.165) is 32.1 Å². The third-order valence-electron chi connectivity index (χ3n) is 4.73. The number of rotatable bonds is 5.